The molecule has 10 heteroatoms. The van der Waals surface area contributed by atoms with Crippen molar-refractivity contribution in [1.82, 2.24) is 19.7 Å². The number of nitrogens with zero attached hydrogens (tertiary/aromatic N) is 4. The second kappa shape index (κ2) is 10.3. The van der Waals surface area contributed by atoms with E-state index in [0.717, 1.165) is 11.4 Å². The Labute approximate surface area is 199 Å². The van der Waals surface area contributed by atoms with Crippen LogP contribution in [0.1, 0.15) is 52.5 Å². The molecule has 0 aliphatic carbocycles. The van der Waals surface area contributed by atoms with Crippen LogP contribution in [-0.4, -0.2) is 60.3 Å². The maximum absolute atomic E-state index is 13.7. The monoisotopic (exact) mass is 478 g/mol. The third-order valence-electron chi connectivity index (χ3n) is 5.12. The van der Waals surface area contributed by atoms with Crippen molar-refractivity contribution in [3.63, 3.8) is 0 Å². The van der Waals surface area contributed by atoms with Gasteiger partial charge < -0.3 is 19.4 Å². The second-order valence-electron chi connectivity index (χ2n) is 9.49. The summed E-state index contributed by atoms with van der Waals surface area (Å²) in [6.07, 6.45) is -0.472. The average Bonchev–Trinajstić information content (AvgIpc) is 3.33. The smallest absolute Gasteiger partial charge is 0.314 e. The lowest BCUT2D eigenvalue weighted by Gasteiger charge is -2.38. The number of para-hydroxylation sites is 2. The SMILES string of the molecule is CCCOc1ccccc1OC(C)CC(=O)OC1CN(C)C[N+]1([O-])c1nnc(C(C)(C)C)s1. The van der Waals surface area contributed by atoms with Crippen molar-refractivity contribution in [2.24, 2.45) is 0 Å². The molecule has 0 amide bonds. The number of hydrogen-bond acceptors (Lipinski definition) is 9. The van der Waals surface area contributed by atoms with E-state index < -0.39 is 22.9 Å². The Morgan fingerprint density at radius 3 is 2.64 bits per heavy atom. The van der Waals surface area contributed by atoms with Crippen molar-refractivity contribution in [3.8, 4) is 11.5 Å². The van der Waals surface area contributed by atoms with E-state index in [4.69, 9.17) is 14.2 Å². The molecule has 3 unspecified atom stereocenters. The van der Waals surface area contributed by atoms with Gasteiger partial charge in [-0.05, 0) is 43.9 Å². The van der Waals surface area contributed by atoms with Crippen molar-refractivity contribution >= 4 is 22.4 Å². The molecule has 2 heterocycles. The predicted molar refractivity (Wildman–Crippen MR) is 128 cm³/mol. The van der Waals surface area contributed by atoms with Crippen LogP contribution in [0.5, 0.6) is 11.5 Å². The molecule has 3 rings (SSSR count). The summed E-state index contributed by atoms with van der Waals surface area (Å²) in [4.78, 5) is 14.6. The number of carbonyl (C=O) groups excluding carboxylic acids is 1. The minimum absolute atomic E-state index is 0.00564. The number of rotatable bonds is 9. The lowest BCUT2D eigenvalue weighted by molar-refractivity contribution is -0.155. The van der Waals surface area contributed by atoms with Crippen molar-refractivity contribution < 1.29 is 19.0 Å². The number of benzene rings is 1. The molecule has 0 bridgehead atoms. The number of quaternary nitrogens is 1. The first kappa shape index (κ1) is 25.4. The van der Waals surface area contributed by atoms with Gasteiger partial charge in [0, 0.05) is 5.41 Å². The Morgan fingerprint density at radius 1 is 1.30 bits per heavy atom. The van der Waals surface area contributed by atoms with Gasteiger partial charge in [-0.25, -0.2) is 4.90 Å². The molecule has 3 atom stereocenters. The maximum Gasteiger partial charge on any atom is 0.314 e. The van der Waals surface area contributed by atoms with Crippen LogP contribution in [0.3, 0.4) is 0 Å². The Hall–Kier alpha value is -2.27. The average molecular weight is 479 g/mol. The van der Waals surface area contributed by atoms with Gasteiger partial charge in [-0.1, -0.05) is 44.9 Å². The quantitative estimate of drug-likeness (QED) is 0.302. The zero-order valence-corrected chi connectivity index (χ0v) is 21.1. The highest BCUT2D eigenvalue weighted by Gasteiger charge is 2.45. The van der Waals surface area contributed by atoms with Gasteiger partial charge in [0.2, 0.25) is 0 Å². The lowest BCUT2D eigenvalue weighted by Crippen LogP contribution is -2.51. The minimum Gasteiger partial charge on any atom is -0.622 e. The van der Waals surface area contributed by atoms with Gasteiger partial charge in [-0.3, -0.25) is 9.44 Å². The first-order chi connectivity index (χ1) is 15.5. The summed E-state index contributed by atoms with van der Waals surface area (Å²) >= 11 is 1.27. The van der Waals surface area contributed by atoms with E-state index in [1.165, 1.54) is 11.3 Å². The molecule has 0 radical (unpaired) electrons. The molecule has 0 N–H and O–H groups in total. The van der Waals surface area contributed by atoms with Crippen molar-refractivity contribution in [2.75, 3.05) is 26.9 Å². The van der Waals surface area contributed by atoms with Gasteiger partial charge in [0.1, 0.15) is 17.8 Å². The first-order valence-corrected chi connectivity index (χ1v) is 12.0. The molecule has 1 aliphatic heterocycles. The van der Waals surface area contributed by atoms with E-state index in [9.17, 15) is 10.0 Å². The van der Waals surface area contributed by atoms with E-state index in [1.807, 2.05) is 57.8 Å². The van der Waals surface area contributed by atoms with E-state index in [0.29, 0.717) is 29.8 Å². The molecule has 1 aromatic carbocycles. The van der Waals surface area contributed by atoms with Crippen LogP contribution in [0.25, 0.3) is 0 Å². The third-order valence-corrected chi connectivity index (χ3v) is 6.59. The van der Waals surface area contributed by atoms with Gasteiger partial charge in [-0.15, -0.1) is 5.10 Å². The number of ether oxygens (including phenoxy) is 3. The summed E-state index contributed by atoms with van der Waals surface area (Å²) in [7, 11) is 1.82. The van der Waals surface area contributed by atoms with E-state index in [-0.39, 0.29) is 18.5 Å². The summed E-state index contributed by atoms with van der Waals surface area (Å²) in [5.74, 6) is 0.719. The van der Waals surface area contributed by atoms with E-state index in [2.05, 4.69) is 10.2 Å². The molecule has 0 saturated carbocycles. The van der Waals surface area contributed by atoms with E-state index in [1.54, 1.807) is 13.0 Å². The van der Waals surface area contributed by atoms with Crippen LogP contribution >= 0.6 is 11.3 Å². The minimum atomic E-state index is -0.907. The largest absolute Gasteiger partial charge is 0.622 e. The van der Waals surface area contributed by atoms with Crippen molar-refractivity contribution in [2.45, 2.75) is 65.2 Å². The topological polar surface area (TPSA) is 96.8 Å². The Morgan fingerprint density at radius 2 is 2.00 bits per heavy atom. The molecule has 9 nitrogen and oxygen atoms in total. The fourth-order valence-electron chi connectivity index (χ4n) is 3.46. The summed E-state index contributed by atoms with van der Waals surface area (Å²) in [5, 5.41) is 23.1. The summed E-state index contributed by atoms with van der Waals surface area (Å²) < 4.78 is 16.5. The van der Waals surface area contributed by atoms with Crippen molar-refractivity contribution in [1.29, 1.82) is 0 Å². The molecule has 1 fully saturated rings. The normalized spacial score (nSPS) is 22.2. The highest BCUT2D eigenvalue weighted by atomic mass is 32.1. The summed E-state index contributed by atoms with van der Waals surface area (Å²) in [6, 6.07) is 7.37. The summed E-state index contributed by atoms with van der Waals surface area (Å²) in [6.45, 7) is 10.9. The maximum atomic E-state index is 13.7. The number of likely N-dealkylation sites (N-methyl/N-ethyl adjacent to an activating group) is 1. The molecule has 2 aromatic rings. The number of hydrogen-bond donors (Lipinski definition) is 0. The Kier molecular flexibility index (Phi) is 7.94. The highest BCUT2D eigenvalue weighted by Crippen LogP contribution is 2.37. The molecule has 1 saturated heterocycles. The van der Waals surface area contributed by atoms with Gasteiger partial charge >= 0.3 is 11.1 Å². The Balaban J connectivity index is 1.65. The lowest BCUT2D eigenvalue weighted by atomic mass is 9.98. The zero-order chi connectivity index (χ0) is 24.2. The molecule has 1 aliphatic rings. The van der Waals surface area contributed by atoms with Crippen LogP contribution in [-0.2, 0) is 14.9 Å². The molecule has 33 heavy (non-hydrogen) atoms. The fraction of sp³-hybridized carbons (Fsp3) is 0.609. The van der Waals surface area contributed by atoms with Crippen molar-refractivity contribution in [3.05, 3.63) is 34.5 Å². The summed E-state index contributed by atoms with van der Waals surface area (Å²) in [5.41, 5.74) is -0.212. The Bertz CT molecular complexity index is 947. The number of aromatic nitrogens is 2. The van der Waals surface area contributed by atoms with Gasteiger partial charge in [0.05, 0.1) is 19.6 Å². The zero-order valence-electron chi connectivity index (χ0n) is 20.2. The van der Waals surface area contributed by atoms with Gasteiger partial charge in [-0.2, -0.15) is 0 Å². The molecule has 182 valence electrons. The third kappa shape index (κ3) is 6.20. The predicted octanol–water partition coefficient (Wildman–Crippen LogP) is 4.06. The molecule has 0 spiro atoms. The second-order valence-corrected chi connectivity index (χ2v) is 10.4. The van der Waals surface area contributed by atoms with E-state index >= 15 is 0 Å². The number of hydroxylamine groups is 2. The molecular formula is C23H34N4O5S. The number of esters is 1. The van der Waals surface area contributed by atoms with Gasteiger partial charge in [0.25, 0.3) is 6.23 Å². The van der Waals surface area contributed by atoms with Crippen LogP contribution in [0.15, 0.2) is 24.3 Å². The van der Waals surface area contributed by atoms with Gasteiger partial charge in [0.15, 0.2) is 11.5 Å². The van der Waals surface area contributed by atoms with Crippen LogP contribution < -0.4 is 14.1 Å². The molecule has 1 aromatic heterocycles. The van der Waals surface area contributed by atoms with Crippen LogP contribution in [0, 0.1) is 5.21 Å². The molecular weight excluding hydrogens is 444 g/mol. The highest BCUT2D eigenvalue weighted by molar-refractivity contribution is 7.15. The standard InChI is InChI=1S/C23H34N4O5S/c1-7-12-30-17-10-8-9-11-18(17)31-16(2)13-20(28)32-19-14-26(6)15-27(19,29)22-25-24-21(33-22)23(3,4)5/h8-11,16,19H,7,12-15H2,1-6H3. The van der Waals surface area contributed by atoms with Crippen LogP contribution in [0.4, 0.5) is 5.13 Å². The van der Waals surface area contributed by atoms with Crippen LogP contribution in [0.2, 0.25) is 0 Å². The fourth-order valence-corrected chi connectivity index (χ4v) is 4.43. The number of carbonyl (C=O) groups is 1. The first-order valence-electron chi connectivity index (χ1n) is 11.2.